The first-order valence-electron chi connectivity index (χ1n) is 7.02. The number of hydrogen-bond donors (Lipinski definition) is 1. The predicted molar refractivity (Wildman–Crippen MR) is 75.4 cm³/mol. The molecule has 1 heterocycles. The van der Waals surface area contributed by atoms with Crippen molar-refractivity contribution < 1.29 is 28.6 Å². The number of morpholine rings is 1. The monoisotopic (exact) mass is 311 g/mol. The summed E-state index contributed by atoms with van der Waals surface area (Å²) < 4.78 is 24.3. The van der Waals surface area contributed by atoms with Gasteiger partial charge in [0.25, 0.3) is 5.91 Å². The van der Waals surface area contributed by atoms with E-state index in [9.17, 15) is 14.0 Å². The zero-order valence-electron chi connectivity index (χ0n) is 12.4. The van der Waals surface area contributed by atoms with Crippen LogP contribution < -0.4 is 4.74 Å². The fourth-order valence-corrected chi connectivity index (χ4v) is 2.39. The van der Waals surface area contributed by atoms with Crippen LogP contribution in [0.3, 0.4) is 0 Å². The van der Waals surface area contributed by atoms with Gasteiger partial charge in [0, 0.05) is 6.54 Å². The Morgan fingerprint density at radius 2 is 2.18 bits per heavy atom. The topological polar surface area (TPSA) is 76.1 Å². The average Bonchev–Trinajstić information content (AvgIpc) is 2.48. The second-order valence-electron chi connectivity index (χ2n) is 5.03. The Morgan fingerprint density at radius 1 is 1.45 bits per heavy atom. The van der Waals surface area contributed by atoms with Gasteiger partial charge in [-0.2, -0.15) is 0 Å². The lowest BCUT2D eigenvalue weighted by molar-refractivity contribution is -0.160. The third kappa shape index (κ3) is 3.36. The smallest absolute Gasteiger partial charge is 0.334 e. The van der Waals surface area contributed by atoms with Gasteiger partial charge < -0.3 is 19.5 Å². The number of hydrogen-bond acceptors (Lipinski definition) is 4. The van der Waals surface area contributed by atoms with E-state index in [1.165, 1.54) is 23.1 Å². The van der Waals surface area contributed by atoms with Crippen molar-refractivity contribution in [2.75, 3.05) is 19.7 Å². The minimum Gasteiger partial charge on any atom is -0.490 e. The number of ether oxygens (including phenoxy) is 2. The van der Waals surface area contributed by atoms with Gasteiger partial charge in [-0.05, 0) is 26.0 Å². The molecule has 1 fully saturated rings. The summed E-state index contributed by atoms with van der Waals surface area (Å²) in [6.07, 6.45) is -1.50. The standard InChI is InChI=1S/C15H18FNO5/c1-3-21-13-10(5-4-6-11(13)16)14(18)17-7-9(2)22-12(8-17)15(19)20/h4-6,9,12H,3,7-8H2,1-2H3,(H,19,20)/t9-,12?/m1/s1. The molecule has 22 heavy (non-hydrogen) atoms. The predicted octanol–water partition coefficient (Wildman–Crippen LogP) is 1.54. The van der Waals surface area contributed by atoms with Gasteiger partial charge in [-0.1, -0.05) is 6.07 Å². The van der Waals surface area contributed by atoms with Crippen LogP contribution in [0.25, 0.3) is 0 Å². The van der Waals surface area contributed by atoms with Gasteiger partial charge in [0.15, 0.2) is 17.7 Å². The zero-order chi connectivity index (χ0) is 16.3. The Balaban J connectivity index is 2.27. The molecule has 7 heteroatoms. The van der Waals surface area contributed by atoms with Gasteiger partial charge in [-0.15, -0.1) is 0 Å². The van der Waals surface area contributed by atoms with Crippen molar-refractivity contribution in [2.24, 2.45) is 0 Å². The summed E-state index contributed by atoms with van der Waals surface area (Å²) in [5.41, 5.74) is 0.0834. The molecule has 1 amide bonds. The Morgan fingerprint density at radius 3 is 2.82 bits per heavy atom. The van der Waals surface area contributed by atoms with Gasteiger partial charge in [0.2, 0.25) is 0 Å². The Bertz CT molecular complexity index is 577. The van der Waals surface area contributed by atoms with Gasteiger partial charge in [-0.3, -0.25) is 4.79 Å². The summed E-state index contributed by atoms with van der Waals surface area (Å²) in [7, 11) is 0. The zero-order valence-corrected chi connectivity index (χ0v) is 12.4. The molecule has 1 aromatic carbocycles. The van der Waals surface area contributed by atoms with Gasteiger partial charge in [0.1, 0.15) is 0 Å². The summed E-state index contributed by atoms with van der Waals surface area (Å²) in [4.78, 5) is 25.0. The molecule has 1 aliphatic rings. The van der Waals surface area contributed by atoms with E-state index in [4.69, 9.17) is 14.6 Å². The number of carbonyl (C=O) groups is 2. The van der Waals surface area contributed by atoms with Crippen LogP contribution >= 0.6 is 0 Å². The summed E-state index contributed by atoms with van der Waals surface area (Å²) in [5.74, 6) is -2.33. The lowest BCUT2D eigenvalue weighted by Gasteiger charge is -2.35. The molecule has 0 aromatic heterocycles. The highest BCUT2D eigenvalue weighted by molar-refractivity contribution is 5.97. The van der Waals surface area contributed by atoms with Gasteiger partial charge >= 0.3 is 5.97 Å². The minimum absolute atomic E-state index is 0.0828. The van der Waals surface area contributed by atoms with Crippen molar-refractivity contribution in [3.8, 4) is 5.75 Å². The Hall–Kier alpha value is -2.15. The SMILES string of the molecule is CCOc1c(F)cccc1C(=O)N1CC(C(=O)O)O[C@H](C)C1. The quantitative estimate of drug-likeness (QED) is 0.913. The summed E-state index contributed by atoms with van der Waals surface area (Å²) in [6, 6.07) is 4.10. The highest BCUT2D eigenvalue weighted by Gasteiger charge is 2.34. The van der Waals surface area contributed by atoms with E-state index < -0.39 is 29.9 Å². The van der Waals surface area contributed by atoms with Gasteiger partial charge in [0.05, 0.1) is 24.8 Å². The molecule has 0 radical (unpaired) electrons. The van der Waals surface area contributed by atoms with E-state index in [2.05, 4.69) is 0 Å². The number of halogens is 1. The van der Waals surface area contributed by atoms with Crippen molar-refractivity contribution in [3.63, 3.8) is 0 Å². The molecule has 0 aliphatic carbocycles. The van der Waals surface area contributed by atoms with Crippen LogP contribution in [0, 0.1) is 5.82 Å². The lowest BCUT2D eigenvalue weighted by Crippen LogP contribution is -2.51. The van der Waals surface area contributed by atoms with Crippen molar-refractivity contribution in [1.82, 2.24) is 4.90 Å². The molecule has 0 bridgehead atoms. The van der Waals surface area contributed by atoms with Crippen molar-refractivity contribution in [1.29, 1.82) is 0 Å². The number of carboxylic acid groups (broad SMARTS) is 1. The summed E-state index contributed by atoms with van der Waals surface area (Å²) in [6.45, 7) is 3.76. The van der Waals surface area contributed by atoms with E-state index in [0.29, 0.717) is 0 Å². The third-order valence-electron chi connectivity index (χ3n) is 3.31. The van der Waals surface area contributed by atoms with Crippen LogP contribution in [-0.4, -0.2) is 53.8 Å². The van der Waals surface area contributed by atoms with E-state index in [0.717, 1.165) is 0 Å². The number of aliphatic carboxylic acids is 1. The maximum atomic E-state index is 13.8. The largest absolute Gasteiger partial charge is 0.490 e. The minimum atomic E-state index is -1.13. The van der Waals surface area contributed by atoms with E-state index in [-0.39, 0.29) is 31.0 Å². The molecule has 2 atom stereocenters. The molecule has 1 saturated heterocycles. The number of rotatable bonds is 4. The second-order valence-corrected chi connectivity index (χ2v) is 5.03. The molecule has 0 spiro atoms. The fraction of sp³-hybridized carbons (Fsp3) is 0.467. The first-order chi connectivity index (χ1) is 10.4. The van der Waals surface area contributed by atoms with E-state index in [1.54, 1.807) is 13.8 Å². The Labute approximate surface area is 127 Å². The summed E-state index contributed by atoms with van der Waals surface area (Å²) >= 11 is 0. The highest BCUT2D eigenvalue weighted by atomic mass is 19.1. The van der Waals surface area contributed by atoms with Crippen LogP contribution in [0.15, 0.2) is 18.2 Å². The first kappa shape index (κ1) is 16.2. The van der Waals surface area contributed by atoms with Crippen LogP contribution in [0.5, 0.6) is 5.75 Å². The van der Waals surface area contributed by atoms with Crippen LogP contribution in [0.1, 0.15) is 24.2 Å². The number of amides is 1. The molecule has 1 aliphatic heterocycles. The van der Waals surface area contributed by atoms with Crippen molar-refractivity contribution in [3.05, 3.63) is 29.6 Å². The molecule has 120 valence electrons. The molecule has 1 aromatic rings. The highest BCUT2D eigenvalue weighted by Crippen LogP contribution is 2.25. The number of nitrogens with zero attached hydrogens (tertiary/aromatic N) is 1. The molecule has 6 nitrogen and oxygen atoms in total. The van der Waals surface area contributed by atoms with Crippen LogP contribution in [-0.2, 0) is 9.53 Å². The fourth-order valence-electron chi connectivity index (χ4n) is 2.39. The molecule has 2 rings (SSSR count). The number of benzene rings is 1. The molecule has 0 saturated carbocycles. The second kappa shape index (κ2) is 6.74. The van der Waals surface area contributed by atoms with E-state index in [1.807, 2.05) is 0 Å². The summed E-state index contributed by atoms with van der Waals surface area (Å²) in [5, 5.41) is 9.06. The molecule has 1 unspecified atom stereocenters. The number of carbonyl (C=O) groups excluding carboxylic acids is 1. The Kier molecular flexibility index (Phi) is 4.97. The number of carboxylic acids is 1. The molecular weight excluding hydrogens is 293 g/mol. The molecule has 1 N–H and O–H groups in total. The maximum Gasteiger partial charge on any atom is 0.334 e. The number of para-hydroxylation sites is 1. The van der Waals surface area contributed by atoms with Crippen molar-refractivity contribution >= 4 is 11.9 Å². The van der Waals surface area contributed by atoms with E-state index >= 15 is 0 Å². The molecular formula is C15H18FNO5. The first-order valence-corrected chi connectivity index (χ1v) is 7.02. The van der Waals surface area contributed by atoms with Crippen LogP contribution in [0.2, 0.25) is 0 Å². The maximum absolute atomic E-state index is 13.8. The average molecular weight is 311 g/mol. The lowest BCUT2D eigenvalue weighted by atomic mass is 10.1. The van der Waals surface area contributed by atoms with Crippen LogP contribution in [0.4, 0.5) is 4.39 Å². The third-order valence-corrected chi connectivity index (χ3v) is 3.31. The van der Waals surface area contributed by atoms with Gasteiger partial charge in [-0.25, -0.2) is 9.18 Å². The van der Waals surface area contributed by atoms with Crippen molar-refractivity contribution in [2.45, 2.75) is 26.1 Å². The normalized spacial score (nSPS) is 21.5.